The van der Waals surface area contributed by atoms with Gasteiger partial charge in [-0.15, -0.1) is 0 Å². The Hall–Kier alpha value is -3.08. The number of Topliss-reactive ketones (excluding diaryl/α,β-unsaturated/α-hetero) is 2. The standard InChI is InChI=1S/C21H16F2O3/c22-21(23)26-18-10-8-16(9-11-18)19(24)20(25)17-7-3-6-15(13-17)12-14-4-1-2-5-14/h1-4,6-11,13,21H,5,12H2. The monoisotopic (exact) mass is 354 g/mol. The van der Waals surface area contributed by atoms with Gasteiger partial charge in [-0.3, -0.25) is 9.59 Å². The molecule has 2 aromatic rings. The maximum Gasteiger partial charge on any atom is 0.387 e. The second kappa shape index (κ2) is 7.87. The fourth-order valence-corrected chi connectivity index (χ4v) is 2.76. The van der Waals surface area contributed by atoms with E-state index < -0.39 is 18.2 Å². The van der Waals surface area contributed by atoms with Crippen LogP contribution in [0.1, 0.15) is 32.7 Å². The molecule has 0 atom stereocenters. The summed E-state index contributed by atoms with van der Waals surface area (Å²) in [6, 6.07) is 12.1. The summed E-state index contributed by atoms with van der Waals surface area (Å²) in [4.78, 5) is 24.8. The molecule has 0 radical (unpaired) electrons. The van der Waals surface area contributed by atoms with Crippen molar-refractivity contribution in [1.29, 1.82) is 0 Å². The summed E-state index contributed by atoms with van der Waals surface area (Å²) >= 11 is 0. The molecule has 0 aromatic heterocycles. The highest BCUT2D eigenvalue weighted by molar-refractivity contribution is 6.49. The predicted molar refractivity (Wildman–Crippen MR) is 93.7 cm³/mol. The molecule has 2 aromatic carbocycles. The van der Waals surface area contributed by atoms with Crippen molar-refractivity contribution in [1.82, 2.24) is 0 Å². The van der Waals surface area contributed by atoms with Crippen molar-refractivity contribution in [2.75, 3.05) is 0 Å². The van der Waals surface area contributed by atoms with Crippen molar-refractivity contribution >= 4 is 11.6 Å². The summed E-state index contributed by atoms with van der Waals surface area (Å²) in [5.74, 6) is -1.38. The van der Waals surface area contributed by atoms with Crippen LogP contribution in [0.3, 0.4) is 0 Å². The van der Waals surface area contributed by atoms with E-state index in [0.29, 0.717) is 5.56 Å². The number of ether oxygens (including phenoxy) is 1. The number of hydrogen-bond donors (Lipinski definition) is 0. The molecule has 132 valence electrons. The molecule has 1 aliphatic carbocycles. The Morgan fingerprint density at radius 3 is 2.38 bits per heavy atom. The van der Waals surface area contributed by atoms with Crippen LogP contribution in [0.2, 0.25) is 0 Å². The molecule has 0 aliphatic heterocycles. The van der Waals surface area contributed by atoms with Gasteiger partial charge in [0.05, 0.1) is 0 Å². The van der Waals surface area contributed by atoms with Gasteiger partial charge in [-0.2, -0.15) is 8.78 Å². The van der Waals surface area contributed by atoms with Crippen LogP contribution >= 0.6 is 0 Å². The molecular formula is C21H16F2O3. The van der Waals surface area contributed by atoms with Crippen LogP contribution in [-0.2, 0) is 6.42 Å². The molecule has 5 heteroatoms. The molecule has 0 unspecified atom stereocenters. The summed E-state index contributed by atoms with van der Waals surface area (Å²) in [6.45, 7) is -2.94. The Morgan fingerprint density at radius 2 is 1.73 bits per heavy atom. The highest BCUT2D eigenvalue weighted by atomic mass is 19.3. The molecule has 0 amide bonds. The number of carbonyl (C=O) groups excluding carboxylic acids is 2. The number of alkyl halides is 2. The van der Waals surface area contributed by atoms with Gasteiger partial charge in [0.2, 0.25) is 11.6 Å². The van der Waals surface area contributed by atoms with Gasteiger partial charge >= 0.3 is 6.61 Å². The van der Waals surface area contributed by atoms with Crippen molar-refractivity contribution in [2.45, 2.75) is 19.5 Å². The SMILES string of the molecule is O=C(C(=O)c1cccc(CC2=CC=CC2)c1)c1ccc(OC(F)F)cc1. The first-order valence-corrected chi connectivity index (χ1v) is 8.10. The summed E-state index contributed by atoms with van der Waals surface area (Å²) in [5, 5.41) is 0. The number of allylic oxidation sites excluding steroid dienone is 4. The lowest BCUT2D eigenvalue weighted by Crippen LogP contribution is -2.14. The third-order valence-corrected chi connectivity index (χ3v) is 4.02. The first kappa shape index (κ1) is 17.7. The first-order valence-electron chi connectivity index (χ1n) is 8.10. The van der Waals surface area contributed by atoms with Gasteiger partial charge in [-0.05, 0) is 48.7 Å². The molecule has 3 rings (SSSR count). The number of rotatable bonds is 7. The fourth-order valence-electron chi connectivity index (χ4n) is 2.76. The summed E-state index contributed by atoms with van der Waals surface area (Å²) in [6.07, 6.45) is 7.72. The first-order chi connectivity index (χ1) is 12.5. The minimum atomic E-state index is -2.94. The molecule has 0 spiro atoms. The van der Waals surface area contributed by atoms with Gasteiger partial charge in [0.25, 0.3) is 0 Å². The van der Waals surface area contributed by atoms with Crippen LogP contribution in [0.5, 0.6) is 5.75 Å². The van der Waals surface area contributed by atoms with Crippen molar-refractivity contribution in [3.8, 4) is 5.75 Å². The lowest BCUT2D eigenvalue weighted by Gasteiger charge is -2.07. The second-order valence-corrected chi connectivity index (χ2v) is 5.90. The van der Waals surface area contributed by atoms with Gasteiger partial charge in [0, 0.05) is 11.1 Å². The van der Waals surface area contributed by atoms with Crippen LogP contribution in [0.4, 0.5) is 8.78 Å². The zero-order valence-electron chi connectivity index (χ0n) is 13.8. The Balaban J connectivity index is 1.72. The van der Waals surface area contributed by atoms with Crippen molar-refractivity contribution in [3.05, 3.63) is 89.0 Å². The average Bonchev–Trinajstić information content (AvgIpc) is 3.14. The minimum Gasteiger partial charge on any atom is -0.435 e. The Kier molecular flexibility index (Phi) is 5.37. The summed E-state index contributed by atoms with van der Waals surface area (Å²) in [7, 11) is 0. The van der Waals surface area contributed by atoms with E-state index in [4.69, 9.17) is 0 Å². The van der Waals surface area contributed by atoms with Crippen molar-refractivity contribution in [3.63, 3.8) is 0 Å². The van der Waals surface area contributed by atoms with Gasteiger partial charge in [-0.25, -0.2) is 0 Å². The van der Waals surface area contributed by atoms with Gasteiger partial charge in [-0.1, -0.05) is 42.0 Å². The number of hydrogen-bond acceptors (Lipinski definition) is 3. The van der Waals surface area contributed by atoms with Crippen LogP contribution in [-0.4, -0.2) is 18.2 Å². The number of benzene rings is 2. The van der Waals surface area contributed by atoms with Crippen LogP contribution in [0.25, 0.3) is 0 Å². The predicted octanol–water partition coefficient (Wildman–Crippen LogP) is 4.78. The van der Waals surface area contributed by atoms with Crippen LogP contribution < -0.4 is 4.74 Å². The van der Waals surface area contributed by atoms with Gasteiger partial charge < -0.3 is 4.74 Å². The molecule has 0 N–H and O–H groups in total. The maximum atomic E-state index is 12.5. The molecule has 0 bridgehead atoms. The van der Waals surface area contributed by atoms with Gasteiger partial charge in [0.15, 0.2) is 0 Å². The molecular weight excluding hydrogens is 338 g/mol. The van der Waals surface area contributed by atoms with Crippen molar-refractivity contribution < 1.29 is 23.1 Å². The van der Waals surface area contributed by atoms with Crippen LogP contribution in [0, 0.1) is 0 Å². The molecule has 1 aliphatic rings. The molecule has 0 saturated heterocycles. The number of carbonyl (C=O) groups is 2. The Labute approximate surface area is 149 Å². The highest BCUT2D eigenvalue weighted by Gasteiger charge is 2.19. The number of halogens is 2. The highest BCUT2D eigenvalue weighted by Crippen LogP contribution is 2.19. The van der Waals surface area contributed by atoms with Crippen molar-refractivity contribution in [2.24, 2.45) is 0 Å². The quantitative estimate of drug-likeness (QED) is 0.531. The largest absolute Gasteiger partial charge is 0.435 e. The zero-order chi connectivity index (χ0) is 18.5. The second-order valence-electron chi connectivity index (χ2n) is 5.90. The molecule has 3 nitrogen and oxygen atoms in total. The Morgan fingerprint density at radius 1 is 1.00 bits per heavy atom. The maximum absolute atomic E-state index is 12.5. The van der Waals surface area contributed by atoms with E-state index in [1.54, 1.807) is 18.2 Å². The lowest BCUT2D eigenvalue weighted by molar-refractivity contribution is -0.0498. The minimum absolute atomic E-state index is 0.0653. The normalized spacial score (nSPS) is 13.0. The van der Waals surface area contributed by atoms with Crippen LogP contribution in [0.15, 0.2) is 72.3 Å². The number of ketones is 2. The average molecular weight is 354 g/mol. The molecule has 0 saturated carbocycles. The Bertz CT molecular complexity index is 880. The van der Waals surface area contributed by atoms with E-state index in [9.17, 15) is 18.4 Å². The topological polar surface area (TPSA) is 43.4 Å². The lowest BCUT2D eigenvalue weighted by atomic mass is 9.97. The van der Waals surface area contributed by atoms with Gasteiger partial charge in [0.1, 0.15) is 5.75 Å². The van der Waals surface area contributed by atoms with E-state index in [-0.39, 0.29) is 11.3 Å². The van der Waals surface area contributed by atoms with E-state index in [2.05, 4.69) is 10.8 Å². The third kappa shape index (κ3) is 4.30. The zero-order valence-corrected chi connectivity index (χ0v) is 13.8. The molecule has 0 heterocycles. The van der Waals surface area contributed by atoms with E-state index in [1.807, 2.05) is 18.2 Å². The van der Waals surface area contributed by atoms with E-state index >= 15 is 0 Å². The molecule has 0 fully saturated rings. The summed E-state index contributed by atoms with van der Waals surface area (Å²) in [5.41, 5.74) is 2.64. The fraction of sp³-hybridized carbons (Fsp3) is 0.143. The third-order valence-electron chi connectivity index (χ3n) is 4.02. The van der Waals surface area contributed by atoms with E-state index in [0.717, 1.165) is 18.4 Å². The molecule has 26 heavy (non-hydrogen) atoms. The summed E-state index contributed by atoms with van der Waals surface area (Å²) < 4.78 is 28.6. The van der Waals surface area contributed by atoms with E-state index in [1.165, 1.54) is 29.8 Å². The smallest absolute Gasteiger partial charge is 0.387 e.